The van der Waals surface area contributed by atoms with Gasteiger partial charge in [-0.15, -0.1) is 0 Å². The minimum Gasteiger partial charge on any atom is -0.375 e. The number of ether oxygens (including phenoxy) is 2. The van der Waals surface area contributed by atoms with E-state index in [1.807, 2.05) is 58.2 Å². The molecule has 0 fully saturated rings. The van der Waals surface area contributed by atoms with Crippen molar-refractivity contribution in [2.45, 2.75) is 93.9 Å². The van der Waals surface area contributed by atoms with Crippen LogP contribution in [-0.4, -0.2) is 45.9 Å². The Balaban J connectivity index is 1.49. The fraction of sp³-hybridized carbons (Fsp3) is 0.630. The predicted octanol–water partition coefficient (Wildman–Crippen LogP) is 8.98. The number of aromatic nitrogens is 2. The van der Waals surface area contributed by atoms with E-state index in [1.54, 1.807) is 21.6 Å². The van der Waals surface area contributed by atoms with Crippen molar-refractivity contribution in [1.82, 2.24) is 9.97 Å². The number of rotatable bonds is 20. The minimum absolute atomic E-state index is 0.0874. The third-order valence-electron chi connectivity index (χ3n) is 5.76. The van der Waals surface area contributed by atoms with Crippen LogP contribution >= 0.6 is 43.2 Å². The number of nitrogens with zero attached hydrogens (tertiary/aromatic N) is 2. The van der Waals surface area contributed by atoms with Gasteiger partial charge in [-0.1, -0.05) is 40.6 Å². The molecule has 4 nitrogen and oxygen atoms in total. The average Bonchev–Trinajstić information content (AvgIpc) is 2.86. The topological polar surface area (TPSA) is 44.2 Å². The third kappa shape index (κ3) is 14.8. The Morgan fingerprint density at radius 1 is 0.714 bits per heavy atom. The molecule has 0 aliphatic rings. The molecule has 0 spiro atoms. The molecule has 0 aliphatic heterocycles. The fourth-order valence-electron chi connectivity index (χ4n) is 3.26. The van der Waals surface area contributed by atoms with Gasteiger partial charge in [0.05, 0.1) is 17.8 Å². The van der Waals surface area contributed by atoms with Crippen LogP contribution in [0.25, 0.3) is 0 Å². The molecule has 1 atom stereocenters. The van der Waals surface area contributed by atoms with Crippen LogP contribution in [0.5, 0.6) is 0 Å². The highest BCUT2D eigenvalue weighted by Gasteiger charge is 2.25. The molecule has 35 heavy (non-hydrogen) atoms. The van der Waals surface area contributed by atoms with E-state index in [0.717, 1.165) is 66.9 Å². The Kier molecular flexibility index (Phi) is 15.8. The van der Waals surface area contributed by atoms with Crippen LogP contribution in [-0.2, 0) is 9.47 Å². The SMILES string of the molecule is CCC(C)(CCOC(C)(C)CCCCSSc1ccccn1)OCCCCSSc1ccccn1. The lowest BCUT2D eigenvalue weighted by atomic mass is 9.98. The first-order chi connectivity index (χ1) is 16.9. The average molecular weight is 555 g/mol. The van der Waals surface area contributed by atoms with E-state index < -0.39 is 0 Å². The van der Waals surface area contributed by atoms with Crippen LogP contribution in [0.2, 0.25) is 0 Å². The molecule has 196 valence electrons. The van der Waals surface area contributed by atoms with Crippen molar-refractivity contribution >= 4 is 43.2 Å². The zero-order chi connectivity index (χ0) is 25.2. The second kappa shape index (κ2) is 18.0. The second-order valence-electron chi connectivity index (χ2n) is 9.32. The zero-order valence-corrected chi connectivity index (χ0v) is 25.0. The Morgan fingerprint density at radius 2 is 1.31 bits per heavy atom. The predicted molar refractivity (Wildman–Crippen MR) is 157 cm³/mol. The second-order valence-corrected chi connectivity index (χ2v) is 14.2. The lowest BCUT2D eigenvalue weighted by Crippen LogP contribution is -2.33. The van der Waals surface area contributed by atoms with Gasteiger partial charge in [0.1, 0.15) is 10.1 Å². The lowest BCUT2D eigenvalue weighted by Gasteiger charge is -2.32. The zero-order valence-electron chi connectivity index (χ0n) is 21.7. The largest absolute Gasteiger partial charge is 0.375 e. The molecule has 0 saturated heterocycles. The summed E-state index contributed by atoms with van der Waals surface area (Å²) in [4.78, 5) is 8.69. The van der Waals surface area contributed by atoms with E-state index in [-0.39, 0.29) is 11.2 Å². The highest BCUT2D eigenvalue weighted by Crippen LogP contribution is 2.31. The number of pyridine rings is 2. The standard InChI is InChI=1S/C27H42N2O2S4/c1-5-27(4,31-20-11-13-23-33-35-25-15-7-10-19-29-25)17-21-30-26(2,3)16-8-12-22-32-34-24-14-6-9-18-28-24/h6-7,9-10,14-15,18-19H,5,8,11-13,16-17,20-23H2,1-4H3. The van der Waals surface area contributed by atoms with E-state index in [1.165, 1.54) is 12.8 Å². The van der Waals surface area contributed by atoms with E-state index >= 15 is 0 Å². The monoisotopic (exact) mass is 554 g/mol. The Morgan fingerprint density at radius 3 is 1.86 bits per heavy atom. The van der Waals surface area contributed by atoms with E-state index in [2.05, 4.69) is 49.8 Å². The maximum Gasteiger partial charge on any atom is 0.106 e. The molecule has 0 bridgehead atoms. The van der Waals surface area contributed by atoms with Crippen molar-refractivity contribution in [1.29, 1.82) is 0 Å². The molecule has 0 aliphatic carbocycles. The van der Waals surface area contributed by atoms with Crippen molar-refractivity contribution < 1.29 is 9.47 Å². The quantitative estimate of drug-likeness (QED) is 0.119. The van der Waals surface area contributed by atoms with Gasteiger partial charge >= 0.3 is 0 Å². The van der Waals surface area contributed by atoms with Gasteiger partial charge in [-0.25, -0.2) is 9.97 Å². The van der Waals surface area contributed by atoms with Gasteiger partial charge in [0.25, 0.3) is 0 Å². The third-order valence-corrected chi connectivity index (χ3v) is 10.5. The maximum atomic E-state index is 6.30. The molecular weight excluding hydrogens is 513 g/mol. The first kappa shape index (κ1) is 30.8. The number of unbranched alkanes of at least 4 members (excludes halogenated alkanes) is 2. The fourth-order valence-corrected chi connectivity index (χ4v) is 7.31. The van der Waals surface area contributed by atoms with Crippen molar-refractivity contribution in [3.05, 3.63) is 48.8 Å². The summed E-state index contributed by atoms with van der Waals surface area (Å²) in [6.45, 7) is 10.4. The summed E-state index contributed by atoms with van der Waals surface area (Å²) < 4.78 is 12.6. The summed E-state index contributed by atoms with van der Waals surface area (Å²) in [6, 6.07) is 12.1. The van der Waals surface area contributed by atoms with Crippen molar-refractivity contribution in [2.75, 3.05) is 24.7 Å². The van der Waals surface area contributed by atoms with Crippen molar-refractivity contribution in [3.8, 4) is 0 Å². The summed E-state index contributed by atoms with van der Waals surface area (Å²) in [5, 5.41) is 2.16. The molecule has 2 heterocycles. The molecular formula is C27H42N2O2S4. The smallest absolute Gasteiger partial charge is 0.106 e. The molecule has 0 saturated carbocycles. The molecule has 0 N–H and O–H groups in total. The molecule has 0 radical (unpaired) electrons. The molecule has 0 amide bonds. The molecule has 1 unspecified atom stereocenters. The summed E-state index contributed by atoms with van der Waals surface area (Å²) in [7, 11) is 7.27. The highest BCUT2D eigenvalue weighted by atomic mass is 33.1. The van der Waals surface area contributed by atoms with Crippen LogP contribution < -0.4 is 0 Å². The molecule has 2 rings (SSSR count). The van der Waals surface area contributed by atoms with Crippen LogP contribution in [0, 0.1) is 0 Å². The summed E-state index contributed by atoms with van der Waals surface area (Å²) in [5.74, 6) is 2.25. The highest BCUT2D eigenvalue weighted by molar-refractivity contribution is 8.77. The van der Waals surface area contributed by atoms with Gasteiger partial charge in [-0.2, -0.15) is 0 Å². The first-order valence-corrected chi connectivity index (χ1v) is 17.3. The van der Waals surface area contributed by atoms with Gasteiger partial charge < -0.3 is 9.47 Å². The van der Waals surface area contributed by atoms with Crippen molar-refractivity contribution in [2.24, 2.45) is 0 Å². The van der Waals surface area contributed by atoms with Crippen molar-refractivity contribution in [3.63, 3.8) is 0 Å². The molecule has 2 aromatic heterocycles. The molecule has 8 heteroatoms. The Bertz CT molecular complexity index is 783. The number of hydrogen-bond donors (Lipinski definition) is 0. The van der Waals surface area contributed by atoms with Crippen LogP contribution in [0.1, 0.15) is 72.6 Å². The summed E-state index contributed by atoms with van der Waals surface area (Å²) >= 11 is 0. The normalized spacial score (nSPS) is 13.6. The minimum atomic E-state index is -0.106. The molecule has 2 aromatic rings. The van der Waals surface area contributed by atoms with Gasteiger partial charge in [0.15, 0.2) is 0 Å². The van der Waals surface area contributed by atoms with Gasteiger partial charge in [0, 0.05) is 30.5 Å². The van der Waals surface area contributed by atoms with Gasteiger partial charge in [-0.05, 0) is 112 Å². The number of hydrogen-bond acceptors (Lipinski definition) is 8. The maximum absolute atomic E-state index is 6.30. The van der Waals surface area contributed by atoms with Gasteiger partial charge in [0.2, 0.25) is 0 Å². The molecule has 0 aromatic carbocycles. The lowest BCUT2D eigenvalue weighted by molar-refractivity contribution is -0.0844. The summed E-state index contributed by atoms with van der Waals surface area (Å²) in [6.07, 6.45) is 11.4. The van der Waals surface area contributed by atoms with Crippen LogP contribution in [0.4, 0.5) is 0 Å². The Hall–Kier alpha value is -0.380. The Labute approximate surface area is 229 Å². The summed E-state index contributed by atoms with van der Waals surface area (Å²) in [5.41, 5.74) is -0.193. The van der Waals surface area contributed by atoms with Crippen LogP contribution in [0.3, 0.4) is 0 Å². The van der Waals surface area contributed by atoms with E-state index in [9.17, 15) is 0 Å². The van der Waals surface area contributed by atoms with Gasteiger partial charge in [-0.3, -0.25) is 0 Å². The first-order valence-electron chi connectivity index (χ1n) is 12.6. The van der Waals surface area contributed by atoms with E-state index in [0.29, 0.717) is 0 Å². The van der Waals surface area contributed by atoms with E-state index in [4.69, 9.17) is 9.47 Å². The van der Waals surface area contributed by atoms with Crippen LogP contribution in [0.15, 0.2) is 58.8 Å².